The van der Waals surface area contributed by atoms with E-state index in [4.69, 9.17) is 16.3 Å². The molecule has 0 radical (unpaired) electrons. The molecule has 0 heterocycles. The predicted octanol–water partition coefficient (Wildman–Crippen LogP) is 5.16. The molecule has 0 bridgehead atoms. The highest BCUT2D eigenvalue weighted by Crippen LogP contribution is 2.28. The molecule has 0 spiro atoms. The van der Waals surface area contributed by atoms with Gasteiger partial charge in [-0.3, -0.25) is 0 Å². The highest BCUT2D eigenvalue weighted by Gasteiger charge is 2.28. The number of halogens is 1. The third kappa shape index (κ3) is 5.02. The van der Waals surface area contributed by atoms with Crippen LogP contribution < -0.4 is 10.1 Å². The summed E-state index contributed by atoms with van der Waals surface area (Å²) >= 11 is 5.92. The smallest absolute Gasteiger partial charge is 0.336 e. The Kier molecular flexibility index (Phi) is 6.75. The zero-order valence-electron chi connectivity index (χ0n) is 15.5. The Labute approximate surface area is 165 Å². The number of hydrogen-bond donors (Lipinski definition) is 2. The van der Waals surface area contributed by atoms with E-state index in [-0.39, 0.29) is 29.6 Å². The molecule has 1 fully saturated rings. The second kappa shape index (κ2) is 9.25. The lowest BCUT2D eigenvalue weighted by molar-refractivity contribution is 0.0695. The van der Waals surface area contributed by atoms with Crippen molar-refractivity contribution in [1.29, 1.82) is 0 Å². The summed E-state index contributed by atoms with van der Waals surface area (Å²) in [5.41, 5.74) is 2.07. The van der Waals surface area contributed by atoms with E-state index in [1.54, 1.807) is 18.2 Å². The summed E-state index contributed by atoms with van der Waals surface area (Å²) in [4.78, 5) is 11.3. The van der Waals surface area contributed by atoms with Gasteiger partial charge in [0.15, 0.2) is 0 Å². The molecule has 1 saturated carbocycles. The molecular formula is C22H26ClNO3. The van der Waals surface area contributed by atoms with E-state index in [0.717, 1.165) is 19.3 Å². The van der Waals surface area contributed by atoms with Crippen molar-refractivity contribution in [3.8, 4) is 5.75 Å². The van der Waals surface area contributed by atoms with Crippen LogP contribution in [-0.4, -0.2) is 23.2 Å². The first-order valence-electron chi connectivity index (χ1n) is 9.48. The molecule has 2 aromatic rings. The molecular weight excluding hydrogens is 362 g/mol. The lowest BCUT2D eigenvalue weighted by atomic mass is 9.91. The average molecular weight is 388 g/mol. The van der Waals surface area contributed by atoms with E-state index in [0.29, 0.717) is 11.3 Å². The van der Waals surface area contributed by atoms with Crippen LogP contribution in [0.25, 0.3) is 0 Å². The Bertz CT molecular complexity index is 765. The number of carboxylic acid groups (broad SMARTS) is 1. The molecule has 0 aliphatic heterocycles. The normalized spacial score (nSPS) is 20.8. The van der Waals surface area contributed by atoms with Gasteiger partial charge in [0.2, 0.25) is 0 Å². The number of carbonyl (C=O) groups is 1. The zero-order valence-corrected chi connectivity index (χ0v) is 16.3. The average Bonchev–Trinajstić information content (AvgIpc) is 2.69. The SMILES string of the molecule is CC(N[C@H]1CCCC[C@@H]1Oc1ccc(C(=O)O)c(CCl)c1)c1ccccc1. The van der Waals surface area contributed by atoms with E-state index in [1.165, 1.54) is 12.0 Å². The maximum Gasteiger partial charge on any atom is 0.336 e. The van der Waals surface area contributed by atoms with Crippen LogP contribution in [0.4, 0.5) is 0 Å². The minimum absolute atomic E-state index is 0.0590. The largest absolute Gasteiger partial charge is 0.489 e. The number of ether oxygens (including phenoxy) is 1. The number of nitrogens with one attached hydrogen (secondary N) is 1. The number of alkyl halides is 1. The molecule has 1 aliphatic carbocycles. The highest BCUT2D eigenvalue weighted by molar-refractivity contribution is 6.17. The molecule has 0 aromatic heterocycles. The highest BCUT2D eigenvalue weighted by atomic mass is 35.5. The third-order valence-corrected chi connectivity index (χ3v) is 5.49. The Morgan fingerprint density at radius 3 is 2.67 bits per heavy atom. The second-order valence-corrected chi connectivity index (χ2v) is 7.37. The van der Waals surface area contributed by atoms with Crippen molar-refractivity contribution in [3.63, 3.8) is 0 Å². The number of carboxylic acids is 1. The van der Waals surface area contributed by atoms with Gasteiger partial charge in [-0.1, -0.05) is 36.8 Å². The Morgan fingerprint density at radius 1 is 1.22 bits per heavy atom. The first kappa shape index (κ1) is 19.7. The van der Waals surface area contributed by atoms with Gasteiger partial charge in [0.1, 0.15) is 11.9 Å². The van der Waals surface area contributed by atoms with E-state index >= 15 is 0 Å². The molecule has 4 nitrogen and oxygen atoms in total. The van der Waals surface area contributed by atoms with Crippen LogP contribution in [0.5, 0.6) is 5.75 Å². The van der Waals surface area contributed by atoms with Gasteiger partial charge in [-0.15, -0.1) is 11.6 Å². The van der Waals surface area contributed by atoms with Gasteiger partial charge in [-0.25, -0.2) is 4.79 Å². The fraction of sp³-hybridized carbons (Fsp3) is 0.409. The maximum absolute atomic E-state index is 11.3. The lowest BCUT2D eigenvalue weighted by Crippen LogP contribution is -2.46. The fourth-order valence-corrected chi connectivity index (χ4v) is 3.95. The van der Waals surface area contributed by atoms with Gasteiger partial charge in [-0.2, -0.15) is 0 Å². The predicted molar refractivity (Wildman–Crippen MR) is 108 cm³/mol. The molecule has 3 rings (SSSR count). The molecule has 2 aromatic carbocycles. The monoisotopic (exact) mass is 387 g/mol. The van der Waals surface area contributed by atoms with Crippen LogP contribution >= 0.6 is 11.6 Å². The first-order chi connectivity index (χ1) is 13.1. The van der Waals surface area contributed by atoms with Gasteiger partial charge in [0.25, 0.3) is 0 Å². The fourth-order valence-electron chi connectivity index (χ4n) is 3.73. The molecule has 144 valence electrons. The van der Waals surface area contributed by atoms with Crippen LogP contribution in [-0.2, 0) is 5.88 Å². The van der Waals surface area contributed by atoms with Crippen molar-refractivity contribution >= 4 is 17.6 Å². The van der Waals surface area contributed by atoms with Crippen molar-refractivity contribution in [2.45, 2.75) is 56.7 Å². The van der Waals surface area contributed by atoms with Gasteiger partial charge in [0.05, 0.1) is 5.56 Å². The van der Waals surface area contributed by atoms with Crippen LogP contribution in [0.15, 0.2) is 48.5 Å². The summed E-state index contributed by atoms with van der Waals surface area (Å²) in [6.07, 6.45) is 4.43. The van der Waals surface area contributed by atoms with E-state index in [2.05, 4.69) is 36.5 Å². The minimum Gasteiger partial charge on any atom is -0.489 e. The quantitative estimate of drug-likeness (QED) is 0.644. The number of benzene rings is 2. The molecule has 5 heteroatoms. The van der Waals surface area contributed by atoms with E-state index in [9.17, 15) is 9.90 Å². The summed E-state index contributed by atoms with van der Waals surface area (Å²) in [5.74, 6) is -0.135. The van der Waals surface area contributed by atoms with Crippen molar-refractivity contribution in [2.75, 3.05) is 0 Å². The van der Waals surface area contributed by atoms with Crippen LogP contribution in [0.2, 0.25) is 0 Å². The Morgan fingerprint density at radius 2 is 1.96 bits per heavy atom. The molecule has 1 unspecified atom stereocenters. The molecule has 3 atom stereocenters. The first-order valence-corrected chi connectivity index (χ1v) is 10.0. The van der Waals surface area contributed by atoms with E-state index < -0.39 is 5.97 Å². The van der Waals surface area contributed by atoms with Crippen molar-refractivity contribution in [1.82, 2.24) is 5.32 Å². The summed E-state index contributed by atoms with van der Waals surface area (Å²) in [7, 11) is 0. The molecule has 1 aliphatic rings. The molecule has 27 heavy (non-hydrogen) atoms. The van der Waals surface area contributed by atoms with Gasteiger partial charge < -0.3 is 15.2 Å². The zero-order chi connectivity index (χ0) is 19.2. The molecule has 2 N–H and O–H groups in total. The summed E-state index contributed by atoms with van der Waals surface area (Å²) in [6, 6.07) is 16.0. The summed E-state index contributed by atoms with van der Waals surface area (Å²) < 4.78 is 6.27. The molecule has 0 saturated heterocycles. The Balaban J connectivity index is 1.71. The maximum atomic E-state index is 11.3. The Hall–Kier alpha value is -2.04. The lowest BCUT2D eigenvalue weighted by Gasteiger charge is -2.34. The van der Waals surface area contributed by atoms with Crippen LogP contribution in [0.1, 0.15) is 60.1 Å². The number of hydrogen-bond acceptors (Lipinski definition) is 3. The van der Waals surface area contributed by atoms with Gasteiger partial charge in [0, 0.05) is 18.0 Å². The molecule has 0 amide bonds. The summed E-state index contributed by atoms with van der Waals surface area (Å²) in [6.45, 7) is 2.17. The van der Waals surface area contributed by atoms with Gasteiger partial charge in [-0.05, 0) is 55.5 Å². The van der Waals surface area contributed by atoms with Crippen LogP contribution in [0.3, 0.4) is 0 Å². The summed E-state index contributed by atoms with van der Waals surface area (Å²) in [5, 5.41) is 13.0. The second-order valence-electron chi connectivity index (χ2n) is 7.10. The topological polar surface area (TPSA) is 58.6 Å². The standard InChI is InChI=1S/C22H26ClNO3/c1-15(16-7-3-2-4-8-16)24-20-9-5-6-10-21(20)27-18-11-12-19(22(25)26)17(13-18)14-23/h2-4,7-8,11-13,15,20-21,24H,5-6,9-10,14H2,1H3,(H,25,26)/t15?,20-,21-/m0/s1. The van der Waals surface area contributed by atoms with Crippen molar-refractivity contribution < 1.29 is 14.6 Å². The van der Waals surface area contributed by atoms with Crippen molar-refractivity contribution in [3.05, 3.63) is 65.2 Å². The van der Waals surface area contributed by atoms with Crippen molar-refractivity contribution in [2.24, 2.45) is 0 Å². The number of rotatable bonds is 7. The number of aromatic carboxylic acids is 1. The van der Waals surface area contributed by atoms with E-state index in [1.807, 2.05) is 6.07 Å². The van der Waals surface area contributed by atoms with Crippen LogP contribution in [0, 0.1) is 0 Å². The minimum atomic E-state index is -0.967. The third-order valence-electron chi connectivity index (χ3n) is 5.20. The van der Waals surface area contributed by atoms with Gasteiger partial charge >= 0.3 is 5.97 Å².